The summed E-state index contributed by atoms with van der Waals surface area (Å²) in [6, 6.07) is 4.76. The van der Waals surface area contributed by atoms with E-state index in [2.05, 4.69) is 5.32 Å². The van der Waals surface area contributed by atoms with Crippen molar-refractivity contribution in [2.24, 2.45) is 5.14 Å². The molecule has 1 aromatic carbocycles. The fraction of sp³-hybridized carbons (Fsp3) is 0.500. The Morgan fingerprint density at radius 3 is 2.74 bits per heavy atom. The van der Waals surface area contributed by atoms with Crippen molar-refractivity contribution < 1.29 is 13.2 Å². The van der Waals surface area contributed by atoms with E-state index < -0.39 is 10.0 Å². The summed E-state index contributed by atoms with van der Waals surface area (Å²) >= 11 is 0. The van der Waals surface area contributed by atoms with Gasteiger partial charge in [-0.2, -0.15) is 0 Å². The quantitative estimate of drug-likeness (QED) is 0.715. The Bertz CT molecular complexity index is 559. The van der Waals surface area contributed by atoms with Crippen molar-refractivity contribution in [1.82, 2.24) is 0 Å². The van der Waals surface area contributed by atoms with Gasteiger partial charge in [0.2, 0.25) is 10.0 Å². The third kappa shape index (κ3) is 3.59. The van der Waals surface area contributed by atoms with Crippen LogP contribution in [0.25, 0.3) is 0 Å². The molecule has 7 heteroatoms. The van der Waals surface area contributed by atoms with Crippen LogP contribution in [0.3, 0.4) is 0 Å². The van der Waals surface area contributed by atoms with Crippen molar-refractivity contribution in [1.29, 1.82) is 0 Å². The number of nitrogens with one attached hydrogen (secondary N) is 1. The molecule has 1 saturated heterocycles. The predicted molar refractivity (Wildman–Crippen MR) is 74.3 cm³/mol. The van der Waals surface area contributed by atoms with Gasteiger partial charge in [-0.25, -0.2) is 13.6 Å². The molecule has 2 atom stereocenters. The first-order valence-electron chi connectivity index (χ1n) is 6.17. The van der Waals surface area contributed by atoms with Gasteiger partial charge in [0.1, 0.15) is 0 Å². The van der Waals surface area contributed by atoms with Crippen LogP contribution in [0.4, 0.5) is 11.4 Å². The molecule has 0 bridgehead atoms. The molecule has 1 aromatic rings. The van der Waals surface area contributed by atoms with E-state index in [0.29, 0.717) is 12.3 Å². The van der Waals surface area contributed by atoms with Gasteiger partial charge >= 0.3 is 0 Å². The monoisotopic (exact) mass is 285 g/mol. The van der Waals surface area contributed by atoms with Gasteiger partial charge in [-0.3, -0.25) is 0 Å². The van der Waals surface area contributed by atoms with Crippen LogP contribution in [0.2, 0.25) is 0 Å². The smallest absolute Gasteiger partial charge is 0.238 e. The van der Waals surface area contributed by atoms with Gasteiger partial charge < -0.3 is 15.8 Å². The maximum Gasteiger partial charge on any atom is 0.238 e. The molecule has 19 heavy (non-hydrogen) atoms. The lowest BCUT2D eigenvalue weighted by Crippen LogP contribution is -2.32. The minimum absolute atomic E-state index is 0.0240. The van der Waals surface area contributed by atoms with E-state index in [9.17, 15) is 8.42 Å². The van der Waals surface area contributed by atoms with Gasteiger partial charge in [-0.15, -0.1) is 0 Å². The van der Waals surface area contributed by atoms with Crippen LogP contribution in [0.15, 0.2) is 23.1 Å². The second-order valence-corrected chi connectivity index (χ2v) is 6.40. The maximum atomic E-state index is 11.2. The van der Waals surface area contributed by atoms with Gasteiger partial charge in [-0.05, 0) is 38.0 Å². The molecular formula is C12H19N3O3S. The largest absolute Gasteiger partial charge is 0.397 e. The number of anilines is 2. The first-order valence-corrected chi connectivity index (χ1v) is 7.71. The highest BCUT2D eigenvalue weighted by Crippen LogP contribution is 2.25. The van der Waals surface area contributed by atoms with E-state index >= 15 is 0 Å². The molecule has 106 valence electrons. The maximum absolute atomic E-state index is 11.2. The molecule has 0 radical (unpaired) electrons. The van der Waals surface area contributed by atoms with Crippen molar-refractivity contribution in [3.05, 3.63) is 18.2 Å². The summed E-state index contributed by atoms with van der Waals surface area (Å²) in [7, 11) is -3.71. The first-order chi connectivity index (χ1) is 8.86. The molecule has 1 heterocycles. The first kappa shape index (κ1) is 14.1. The van der Waals surface area contributed by atoms with Crippen molar-refractivity contribution in [2.45, 2.75) is 36.8 Å². The van der Waals surface area contributed by atoms with Crippen LogP contribution in [0.5, 0.6) is 0 Å². The number of sulfonamides is 1. The van der Waals surface area contributed by atoms with Gasteiger partial charge in [0.15, 0.2) is 0 Å². The van der Waals surface area contributed by atoms with Crippen LogP contribution in [-0.2, 0) is 14.8 Å². The minimum Gasteiger partial charge on any atom is -0.397 e. The van der Waals surface area contributed by atoms with Crippen molar-refractivity contribution in [3.63, 3.8) is 0 Å². The van der Waals surface area contributed by atoms with Crippen LogP contribution in [-0.4, -0.2) is 27.2 Å². The molecule has 1 aliphatic heterocycles. The second-order valence-electron chi connectivity index (χ2n) is 4.84. The molecule has 0 amide bonds. The van der Waals surface area contributed by atoms with Crippen LogP contribution in [0, 0.1) is 0 Å². The summed E-state index contributed by atoms with van der Waals surface area (Å²) in [6.07, 6.45) is 2.02. The molecule has 1 fully saturated rings. The van der Waals surface area contributed by atoms with E-state index in [-0.39, 0.29) is 17.0 Å². The Kier molecular flexibility index (Phi) is 3.98. The lowest BCUT2D eigenvalue weighted by Gasteiger charge is -2.29. The average Bonchev–Trinajstić information content (AvgIpc) is 2.30. The van der Waals surface area contributed by atoms with E-state index in [0.717, 1.165) is 18.5 Å². The highest BCUT2D eigenvalue weighted by atomic mass is 32.2. The number of nitrogen functional groups attached to an aromatic ring is 1. The number of benzene rings is 1. The van der Waals surface area contributed by atoms with Gasteiger partial charge in [0, 0.05) is 12.6 Å². The molecule has 2 rings (SSSR count). The minimum atomic E-state index is -3.71. The molecule has 0 saturated carbocycles. The topological polar surface area (TPSA) is 107 Å². The Balaban J connectivity index is 2.13. The Hall–Kier alpha value is -1.31. The van der Waals surface area contributed by atoms with Crippen LogP contribution in [0.1, 0.15) is 19.8 Å². The van der Waals surface area contributed by atoms with E-state index in [1.54, 1.807) is 6.07 Å². The normalized spacial score (nSPS) is 24.1. The molecule has 1 aliphatic rings. The Labute approximate surface area is 113 Å². The van der Waals surface area contributed by atoms with Crippen LogP contribution < -0.4 is 16.2 Å². The summed E-state index contributed by atoms with van der Waals surface area (Å²) in [5.41, 5.74) is 6.96. The molecule has 0 aromatic heterocycles. The van der Waals surface area contributed by atoms with E-state index in [4.69, 9.17) is 15.6 Å². The van der Waals surface area contributed by atoms with Gasteiger partial charge in [0.25, 0.3) is 0 Å². The number of hydrogen-bond acceptors (Lipinski definition) is 5. The SMILES string of the molecule is CC1CC(Nc2ccc(S(N)(=O)=O)cc2N)CCO1. The van der Waals surface area contributed by atoms with Gasteiger partial charge in [0.05, 0.1) is 22.4 Å². The summed E-state index contributed by atoms with van der Waals surface area (Å²) in [5.74, 6) is 0. The Morgan fingerprint density at radius 1 is 1.42 bits per heavy atom. The standard InChI is InChI=1S/C12H19N3O3S/c1-8-6-9(4-5-18-8)15-12-3-2-10(7-11(12)13)19(14,16)17/h2-3,7-9,15H,4-6,13H2,1H3,(H2,14,16,17). The Morgan fingerprint density at radius 2 is 2.16 bits per heavy atom. The number of ether oxygens (including phenoxy) is 1. The second kappa shape index (κ2) is 5.36. The zero-order chi connectivity index (χ0) is 14.0. The highest BCUT2D eigenvalue weighted by Gasteiger charge is 2.20. The lowest BCUT2D eigenvalue weighted by molar-refractivity contribution is 0.0232. The zero-order valence-corrected chi connectivity index (χ0v) is 11.6. The number of nitrogens with two attached hydrogens (primary N) is 2. The third-order valence-electron chi connectivity index (χ3n) is 3.20. The van der Waals surface area contributed by atoms with E-state index in [1.807, 2.05) is 6.92 Å². The molecule has 0 aliphatic carbocycles. The lowest BCUT2D eigenvalue weighted by atomic mass is 10.0. The van der Waals surface area contributed by atoms with E-state index in [1.165, 1.54) is 12.1 Å². The van der Waals surface area contributed by atoms with Crippen molar-refractivity contribution >= 4 is 21.4 Å². The number of hydrogen-bond donors (Lipinski definition) is 3. The number of primary sulfonamides is 1. The van der Waals surface area contributed by atoms with Crippen molar-refractivity contribution in [3.8, 4) is 0 Å². The predicted octanol–water partition coefficient (Wildman–Crippen LogP) is 0.896. The van der Waals surface area contributed by atoms with Gasteiger partial charge in [-0.1, -0.05) is 0 Å². The van der Waals surface area contributed by atoms with Crippen LogP contribution >= 0.6 is 0 Å². The molecule has 0 spiro atoms. The highest BCUT2D eigenvalue weighted by molar-refractivity contribution is 7.89. The number of rotatable bonds is 3. The molecular weight excluding hydrogens is 266 g/mol. The summed E-state index contributed by atoms with van der Waals surface area (Å²) in [5, 5.41) is 8.38. The molecule has 2 unspecified atom stereocenters. The van der Waals surface area contributed by atoms with Crippen molar-refractivity contribution in [2.75, 3.05) is 17.7 Å². The fourth-order valence-corrected chi connectivity index (χ4v) is 2.75. The summed E-state index contributed by atoms with van der Waals surface area (Å²) < 4.78 is 27.9. The molecule has 6 nitrogen and oxygen atoms in total. The third-order valence-corrected chi connectivity index (χ3v) is 4.11. The summed E-state index contributed by atoms with van der Waals surface area (Å²) in [6.45, 7) is 2.75. The summed E-state index contributed by atoms with van der Waals surface area (Å²) in [4.78, 5) is 0.0240. The molecule has 5 N–H and O–H groups in total. The fourth-order valence-electron chi connectivity index (χ4n) is 2.20. The zero-order valence-electron chi connectivity index (χ0n) is 10.8. The average molecular weight is 285 g/mol.